The standard InChI is InChI=1S/C28H28OP/c1-3-9-21-17-26(21)30(2)18-29-25-15-8-14-24(28(25)30)27-22-12-6-4-10-19(22)16-20-11-5-7-13-23(20)27/h4-8,10-16,21,26H,3,9,17-18H2,1-2H3/q+1. The SMILES string of the molecule is CCCC1CC1[P+]1(C)COc2cccc(-c3c4ccccc4cc4ccccc34)c21. The fourth-order valence-corrected chi connectivity index (χ4v) is 10.1. The first kappa shape index (κ1) is 18.4. The van der Waals surface area contributed by atoms with E-state index in [9.17, 15) is 0 Å². The molecule has 2 heteroatoms. The van der Waals surface area contributed by atoms with Crippen molar-refractivity contribution in [2.24, 2.45) is 5.92 Å². The summed E-state index contributed by atoms with van der Waals surface area (Å²) in [7, 11) is -1.34. The van der Waals surface area contributed by atoms with Gasteiger partial charge in [0.1, 0.15) is 5.30 Å². The van der Waals surface area contributed by atoms with Crippen LogP contribution < -0.4 is 10.0 Å². The van der Waals surface area contributed by atoms with Crippen LogP contribution in [-0.4, -0.2) is 18.7 Å². The zero-order valence-electron chi connectivity index (χ0n) is 17.8. The molecule has 1 aliphatic carbocycles. The minimum absolute atomic E-state index is 0.848. The van der Waals surface area contributed by atoms with Gasteiger partial charge in [0.25, 0.3) is 0 Å². The second kappa shape index (κ2) is 6.82. The Hall–Kier alpha value is -2.37. The third kappa shape index (κ3) is 2.65. The Labute approximate surface area is 179 Å². The summed E-state index contributed by atoms with van der Waals surface area (Å²) < 4.78 is 6.38. The average molecular weight is 412 g/mol. The lowest BCUT2D eigenvalue weighted by Gasteiger charge is -2.20. The average Bonchev–Trinajstić information content (AvgIpc) is 3.47. The smallest absolute Gasteiger partial charge is 0.201 e. The first-order valence-corrected chi connectivity index (χ1v) is 13.7. The van der Waals surface area contributed by atoms with Crippen LogP contribution in [0, 0.1) is 5.92 Å². The number of hydrogen-bond donors (Lipinski definition) is 0. The molecule has 6 rings (SSSR count). The molecule has 1 heterocycles. The molecule has 0 spiro atoms. The summed E-state index contributed by atoms with van der Waals surface area (Å²) in [5.74, 6) is 2.04. The van der Waals surface area contributed by atoms with Crippen LogP contribution in [-0.2, 0) is 0 Å². The van der Waals surface area contributed by atoms with Gasteiger partial charge in [-0.1, -0.05) is 74.0 Å². The van der Waals surface area contributed by atoms with Crippen LogP contribution in [0.2, 0.25) is 0 Å². The Kier molecular flexibility index (Phi) is 4.19. The van der Waals surface area contributed by atoms with Gasteiger partial charge in [-0.3, -0.25) is 0 Å². The molecule has 4 aromatic rings. The molecule has 1 saturated carbocycles. The quantitative estimate of drug-likeness (QED) is 0.250. The van der Waals surface area contributed by atoms with Crippen molar-refractivity contribution in [1.82, 2.24) is 0 Å². The van der Waals surface area contributed by atoms with E-state index in [1.165, 1.54) is 51.9 Å². The zero-order valence-corrected chi connectivity index (χ0v) is 18.7. The van der Waals surface area contributed by atoms with Crippen molar-refractivity contribution in [1.29, 1.82) is 0 Å². The largest absolute Gasteiger partial charge is 0.455 e. The molecule has 1 fully saturated rings. The predicted octanol–water partition coefficient (Wildman–Crippen LogP) is 7.47. The van der Waals surface area contributed by atoms with Gasteiger partial charge < -0.3 is 4.74 Å². The van der Waals surface area contributed by atoms with Gasteiger partial charge in [0.2, 0.25) is 6.35 Å². The van der Waals surface area contributed by atoms with Gasteiger partial charge in [0.15, 0.2) is 5.75 Å². The second-order valence-corrected chi connectivity index (χ2v) is 13.1. The molecular formula is C28H28OP+. The van der Waals surface area contributed by atoms with E-state index in [4.69, 9.17) is 4.74 Å². The molecule has 1 aliphatic heterocycles. The summed E-state index contributed by atoms with van der Waals surface area (Å²) >= 11 is 0. The van der Waals surface area contributed by atoms with Gasteiger partial charge in [-0.2, -0.15) is 0 Å². The lowest BCUT2D eigenvalue weighted by Crippen LogP contribution is -2.15. The normalized spacial score (nSPS) is 24.7. The zero-order chi connectivity index (χ0) is 20.3. The van der Waals surface area contributed by atoms with E-state index in [1.54, 1.807) is 5.30 Å². The van der Waals surface area contributed by atoms with Crippen molar-refractivity contribution in [2.75, 3.05) is 13.0 Å². The second-order valence-electron chi connectivity index (χ2n) is 9.24. The molecule has 0 bridgehead atoms. The van der Waals surface area contributed by atoms with E-state index >= 15 is 0 Å². The highest BCUT2D eigenvalue weighted by atomic mass is 31.2. The molecule has 150 valence electrons. The van der Waals surface area contributed by atoms with Crippen molar-refractivity contribution in [3.63, 3.8) is 0 Å². The van der Waals surface area contributed by atoms with E-state index in [0.717, 1.165) is 23.7 Å². The van der Waals surface area contributed by atoms with Crippen LogP contribution in [0.15, 0.2) is 72.8 Å². The monoisotopic (exact) mass is 411 g/mol. The number of fused-ring (bicyclic) bond motifs is 3. The summed E-state index contributed by atoms with van der Waals surface area (Å²) in [5.41, 5.74) is 3.65. The Morgan fingerprint density at radius 3 is 2.30 bits per heavy atom. The lowest BCUT2D eigenvalue weighted by atomic mass is 9.92. The van der Waals surface area contributed by atoms with E-state index in [1.807, 2.05) is 0 Å². The van der Waals surface area contributed by atoms with E-state index in [2.05, 4.69) is 86.4 Å². The molecule has 4 aromatic carbocycles. The highest BCUT2D eigenvalue weighted by Crippen LogP contribution is 2.74. The molecular weight excluding hydrogens is 383 g/mol. The third-order valence-electron chi connectivity index (χ3n) is 7.32. The number of ether oxygens (including phenoxy) is 1. The van der Waals surface area contributed by atoms with Gasteiger partial charge >= 0.3 is 0 Å². The van der Waals surface area contributed by atoms with Crippen molar-refractivity contribution in [3.8, 4) is 16.9 Å². The first-order chi connectivity index (χ1) is 14.7. The molecule has 30 heavy (non-hydrogen) atoms. The fourth-order valence-electron chi connectivity index (χ4n) is 5.81. The Balaban J connectivity index is 1.64. The van der Waals surface area contributed by atoms with E-state index < -0.39 is 7.26 Å². The molecule has 3 atom stereocenters. The summed E-state index contributed by atoms with van der Waals surface area (Å²) in [6.07, 6.45) is 4.98. The third-order valence-corrected chi connectivity index (χ3v) is 11.6. The first-order valence-electron chi connectivity index (χ1n) is 11.2. The minimum atomic E-state index is -1.34. The topological polar surface area (TPSA) is 9.23 Å². The summed E-state index contributed by atoms with van der Waals surface area (Å²) in [5, 5.41) is 6.89. The van der Waals surface area contributed by atoms with Crippen LogP contribution in [0.3, 0.4) is 0 Å². The van der Waals surface area contributed by atoms with Gasteiger partial charge in [0.05, 0.1) is 19.6 Å². The summed E-state index contributed by atoms with van der Waals surface area (Å²) in [4.78, 5) is 0. The number of rotatable bonds is 4. The highest BCUT2D eigenvalue weighted by Gasteiger charge is 2.61. The van der Waals surface area contributed by atoms with Gasteiger partial charge in [-0.05, 0) is 52.4 Å². The van der Waals surface area contributed by atoms with Crippen molar-refractivity contribution in [2.45, 2.75) is 31.8 Å². The molecule has 1 nitrogen and oxygen atoms in total. The molecule has 0 radical (unpaired) electrons. The maximum atomic E-state index is 6.38. The minimum Gasteiger partial charge on any atom is -0.455 e. The van der Waals surface area contributed by atoms with Crippen molar-refractivity contribution < 1.29 is 4.74 Å². The lowest BCUT2D eigenvalue weighted by molar-refractivity contribution is 0.400. The Morgan fingerprint density at radius 1 is 0.900 bits per heavy atom. The highest BCUT2D eigenvalue weighted by molar-refractivity contribution is 7.83. The fraction of sp³-hybridized carbons (Fsp3) is 0.286. The Bertz CT molecular complexity index is 1220. The van der Waals surface area contributed by atoms with Crippen molar-refractivity contribution >= 4 is 34.1 Å². The molecule has 3 unspecified atom stereocenters. The van der Waals surface area contributed by atoms with Crippen LogP contribution in [0.25, 0.3) is 32.7 Å². The summed E-state index contributed by atoms with van der Waals surface area (Å²) in [6, 6.07) is 26.8. The van der Waals surface area contributed by atoms with Gasteiger partial charge in [0, 0.05) is 11.1 Å². The van der Waals surface area contributed by atoms with E-state index in [-0.39, 0.29) is 0 Å². The van der Waals surface area contributed by atoms with Crippen LogP contribution in [0.5, 0.6) is 5.75 Å². The number of hydrogen-bond acceptors (Lipinski definition) is 1. The van der Waals surface area contributed by atoms with Gasteiger partial charge in [-0.15, -0.1) is 0 Å². The molecule has 0 saturated heterocycles. The van der Waals surface area contributed by atoms with Crippen LogP contribution >= 0.6 is 7.26 Å². The Morgan fingerprint density at radius 2 is 1.60 bits per heavy atom. The molecule has 0 amide bonds. The van der Waals surface area contributed by atoms with Crippen LogP contribution in [0.1, 0.15) is 26.2 Å². The molecule has 2 aliphatic rings. The van der Waals surface area contributed by atoms with Crippen LogP contribution in [0.4, 0.5) is 0 Å². The predicted molar refractivity (Wildman–Crippen MR) is 132 cm³/mol. The maximum absolute atomic E-state index is 6.38. The number of benzene rings is 4. The molecule has 0 aromatic heterocycles. The summed E-state index contributed by atoms with van der Waals surface area (Å²) in [6.45, 7) is 4.89. The maximum Gasteiger partial charge on any atom is 0.201 e. The van der Waals surface area contributed by atoms with Gasteiger partial charge in [-0.25, -0.2) is 0 Å². The van der Waals surface area contributed by atoms with E-state index in [0.29, 0.717) is 0 Å². The van der Waals surface area contributed by atoms with Crippen molar-refractivity contribution in [3.05, 3.63) is 72.8 Å². The molecule has 0 N–H and O–H groups in total.